The second-order valence-electron chi connectivity index (χ2n) is 6.44. The number of rotatable bonds is 6. The van der Waals surface area contributed by atoms with E-state index in [2.05, 4.69) is 27.7 Å². The standard InChI is InChI=1S/C17H21N5O2S/c1-24-14-8-4-12(5-9-14)15-3-2-10-21(15)16(23)11-25-17-18-19-20-22(17)13-6-7-13/h4-5,8-9,13,15H,2-3,6-7,10-11H2,1H3/t15-/m1/s1. The smallest absolute Gasteiger partial charge is 0.233 e. The molecule has 1 saturated carbocycles. The van der Waals surface area contributed by atoms with Crippen molar-refractivity contribution in [1.82, 2.24) is 25.1 Å². The summed E-state index contributed by atoms with van der Waals surface area (Å²) in [7, 11) is 1.66. The Morgan fingerprint density at radius 3 is 2.80 bits per heavy atom. The summed E-state index contributed by atoms with van der Waals surface area (Å²) in [6, 6.07) is 8.58. The van der Waals surface area contributed by atoms with E-state index in [4.69, 9.17) is 4.74 Å². The van der Waals surface area contributed by atoms with Crippen LogP contribution in [-0.2, 0) is 4.79 Å². The molecule has 2 aromatic rings. The number of amides is 1. The van der Waals surface area contributed by atoms with Crippen molar-refractivity contribution >= 4 is 17.7 Å². The highest BCUT2D eigenvalue weighted by molar-refractivity contribution is 7.99. The molecule has 0 N–H and O–H groups in total. The largest absolute Gasteiger partial charge is 0.497 e. The fourth-order valence-corrected chi connectivity index (χ4v) is 4.11. The first-order valence-corrected chi connectivity index (χ1v) is 9.59. The number of aromatic nitrogens is 4. The van der Waals surface area contributed by atoms with Gasteiger partial charge in [-0.2, -0.15) is 0 Å². The van der Waals surface area contributed by atoms with Crippen molar-refractivity contribution in [2.24, 2.45) is 0 Å². The van der Waals surface area contributed by atoms with Crippen molar-refractivity contribution in [3.63, 3.8) is 0 Å². The van der Waals surface area contributed by atoms with E-state index in [0.29, 0.717) is 11.8 Å². The fourth-order valence-electron chi connectivity index (χ4n) is 3.28. The molecule has 1 aliphatic carbocycles. The summed E-state index contributed by atoms with van der Waals surface area (Å²) in [4.78, 5) is 14.7. The molecule has 8 heteroatoms. The molecule has 25 heavy (non-hydrogen) atoms. The molecule has 0 spiro atoms. The lowest BCUT2D eigenvalue weighted by molar-refractivity contribution is -0.129. The molecule has 1 atom stereocenters. The fraction of sp³-hybridized carbons (Fsp3) is 0.529. The number of likely N-dealkylation sites (tertiary alicyclic amines) is 1. The topological polar surface area (TPSA) is 73.1 Å². The van der Waals surface area contributed by atoms with Crippen molar-refractivity contribution in [2.75, 3.05) is 19.4 Å². The molecule has 1 amide bonds. The average Bonchev–Trinajstić information content (AvgIpc) is 3.19. The Kier molecular flexibility index (Phi) is 4.61. The van der Waals surface area contributed by atoms with Gasteiger partial charge in [-0.15, -0.1) is 5.10 Å². The maximum atomic E-state index is 12.7. The maximum absolute atomic E-state index is 12.7. The second kappa shape index (κ2) is 7.03. The molecule has 1 aliphatic heterocycles. The summed E-state index contributed by atoms with van der Waals surface area (Å²) in [6.07, 6.45) is 4.28. The van der Waals surface area contributed by atoms with E-state index < -0.39 is 0 Å². The van der Waals surface area contributed by atoms with Gasteiger partial charge >= 0.3 is 0 Å². The van der Waals surface area contributed by atoms with Crippen molar-refractivity contribution in [1.29, 1.82) is 0 Å². The first-order valence-electron chi connectivity index (χ1n) is 8.60. The van der Waals surface area contributed by atoms with E-state index in [9.17, 15) is 4.79 Å². The van der Waals surface area contributed by atoms with Crippen LogP contribution in [-0.4, -0.2) is 50.4 Å². The zero-order valence-electron chi connectivity index (χ0n) is 14.2. The van der Waals surface area contributed by atoms with Gasteiger partial charge in [-0.1, -0.05) is 23.9 Å². The van der Waals surface area contributed by atoms with Crippen LogP contribution in [0, 0.1) is 0 Å². The lowest BCUT2D eigenvalue weighted by atomic mass is 10.0. The molecule has 0 radical (unpaired) electrons. The van der Waals surface area contributed by atoms with Crippen LogP contribution >= 0.6 is 11.8 Å². The number of hydrogen-bond acceptors (Lipinski definition) is 6. The quantitative estimate of drug-likeness (QED) is 0.738. The van der Waals surface area contributed by atoms with Gasteiger partial charge in [0.25, 0.3) is 0 Å². The third-order valence-electron chi connectivity index (χ3n) is 4.75. The highest BCUT2D eigenvalue weighted by Gasteiger charge is 2.31. The van der Waals surface area contributed by atoms with Crippen LogP contribution in [0.15, 0.2) is 29.4 Å². The van der Waals surface area contributed by atoms with Gasteiger partial charge in [0, 0.05) is 6.54 Å². The Balaban J connectivity index is 1.40. The molecular formula is C17H21N5O2S. The van der Waals surface area contributed by atoms with Crippen molar-refractivity contribution < 1.29 is 9.53 Å². The summed E-state index contributed by atoms with van der Waals surface area (Å²) >= 11 is 1.44. The van der Waals surface area contributed by atoms with Crippen LogP contribution in [0.4, 0.5) is 0 Å². The molecule has 2 aliphatic rings. The van der Waals surface area contributed by atoms with Crippen LogP contribution in [0.3, 0.4) is 0 Å². The van der Waals surface area contributed by atoms with Crippen LogP contribution in [0.5, 0.6) is 5.75 Å². The maximum Gasteiger partial charge on any atom is 0.233 e. The summed E-state index contributed by atoms with van der Waals surface area (Å²) < 4.78 is 7.07. The van der Waals surface area contributed by atoms with E-state index in [1.54, 1.807) is 7.11 Å². The molecule has 2 fully saturated rings. The molecule has 0 bridgehead atoms. The number of ether oxygens (including phenoxy) is 1. The lowest BCUT2D eigenvalue weighted by Gasteiger charge is -2.25. The van der Waals surface area contributed by atoms with Crippen LogP contribution in [0.2, 0.25) is 0 Å². The Labute approximate surface area is 150 Å². The second-order valence-corrected chi connectivity index (χ2v) is 7.39. The third kappa shape index (κ3) is 3.49. The number of carbonyl (C=O) groups is 1. The van der Waals surface area contributed by atoms with Gasteiger partial charge in [-0.05, 0) is 53.8 Å². The van der Waals surface area contributed by atoms with Gasteiger partial charge in [-0.25, -0.2) is 4.68 Å². The Morgan fingerprint density at radius 2 is 2.08 bits per heavy atom. The zero-order chi connectivity index (χ0) is 17.2. The predicted octanol–water partition coefficient (Wildman–Crippen LogP) is 2.47. The van der Waals surface area contributed by atoms with Gasteiger partial charge in [-0.3, -0.25) is 4.79 Å². The first-order chi connectivity index (χ1) is 12.3. The van der Waals surface area contributed by atoms with Crippen LogP contribution in [0.25, 0.3) is 0 Å². The molecule has 7 nitrogen and oxygen atoms in total. The van der Waals surface area contributed by atoms with Gasteiger partial charge in [0.1, 0.15) is 5.75 Å². The van der Waals surface area contributed by atoms with E-state index in [0.717, 1.165) is 43.1 Å². The number of tetrazole rings is 1. The minimum Gasteiger partial charge on any atom is -0.497 e. The summed E-state index contributed by atoms with van der Waals surface area (Å²) in [5.41, 5.74) is 1.17. The van der Waals surface area contributed by atoms with Crippen molar-refractivity contribution in [3.05, 3.63) is 29.8 Å². The molecule has 1 aromatic heterocycles. The summed E-state index contributed by atoms with van der Waals surface area (Å²) in [5.74, 6) is 1.36. The SMILES string of the molecule is COc1ccc([C@H]2CCCN2C(=O)CSc2nnnn2C2CC2)cc1. The summed E-state index contributed by atoms with van der Waals surface area (Å²) in [6.45, 7) is 0.809. The first kappa shape index (κ1) is 16.4. The molecule has 4 rings (SSSR count). The third-order valence-corrected chi connectivity index (χ3v) is 5.67. The van der Waals surface area contributed by atoms with Crippen molar-refractivity contribution in [3.8, 4) is 5.75 Å². The van der Waals surface area contributed by atoms with Crippen molar-refractivity contribution in [2.45, 2.75) is 42.9 Å². The number of benzene rings is 1. The van der Waals surface area contributed by atoms with Crippen LogP contribution < -0.4 is 4.74 Å². The molecule has 2 heterocycles. The van der Waals surface area contributed by atoms with E-state index in [1.807, 2.05) is 21.7 Å². The predicted molar refractivity (Wildman–Crippen MR) is 93.5 cm³/mol. The number of thioether (sulfide) groups is 1. The Hall–Kier alpha value is -2.09. The number of carbonyl (C=O) groups excluding carboxylic acids is 1. The van der Waals surface area contributed by atoms with E-state index in [-0.39, 0.29) is 11.9 Å². The normalized spacial score (nSPS) is 20.0. The van der Waals surface area contributed by atoms with Gasteiger partial charge in [0.05, 0.1) is 24.9 Å². The molecule has 1 saturated heterocycles. The zero-order valence-corrected chi connectivity index (χ0v) is 15.0. The minimum absolute atomic E-state index is 0.147. The molecule has 0 unspecified atom stereocenters. The van der Waals surface area contributed by atoms with E-state index >= 15 is 0 Å². The minimum atomic E-state index is 0.147. The summed E-state index contributed by atoms with van der Waals surface area (Å²) in [5, 5.41) is 12.6. The average molecular weight is 359 g/mol. The molecule has 132 valence electrons. The Bertz CT molecular complexity index is 744. The Morgan fingerprint density at radius 1 is 1.28 bits per heavy atom. The molecular weight excluding hydrogens is 338 g/mol. The van der Waals surface area contributed by atoms with E-state index in [1.165, 1.54) is 17.3 Å². The van der Waals surface area contributed by atoms with Crippen LogP contribution in [0.1, 0.15) is 43.3 Å². The monoisotopic (exact) mass is 359 g/mol. The van der Waals surface area contributed by atoms with Gasteiger partial charge in [0.2, 0.25) is 11.1 Å². The highest BCUT2D eigenvalue weighted by Crippen LogP contribution is 2.37. The van der Waals surface area contributed by atoms with Gasteiger partial charge < -0.3 is 9.64 Å². The lowest BCUT2D eigenvalue weighted by Crippen LogP contribution is -2.32. The number of hydrogen-bond donors (Lipinski definition) is 0. The highest BCUT2D eigenvalue weighted by atomic mass is 32.2. The molecule has 1 aromatic carbocycles. The van der Waals surface area contributed by atoms with Gasteiger partial charge in [0.15, 0.2) is 0 Å². The number of nitrogens with zero attached hydrogens (tertiary/aromatic N) is 5. The number of methoxy groups -OCH3 is 1.